The van der Waals surface area contributed by atoms with Crippen LogP contribution >= 0.6 is 0 Å². The van der Waals surface area contributed by atoms with Crippen molar-refractivity contribution < 1.29 is 0 Å². The average molecular weight is 798 g/mol. The number of benzene rings is 8. The van der Waals surface area contributed by atoms with E-state index in [1.165, 1.54) is 16.3 Å². The second-order valence-corrected chi connectivity index (χ2v) is 15.8. The van der Waals surface area contributed by atoms with Gasteiger partial charge in [0.25, 0.3) is 0 Å². The molecule has 0 radical (unpaired) electrons. The second kappa shape index (κ2) is 15.2. The largest absolute Gasteiger partial charge is 0.309 e. The fraction of sp³-hybridized carbons (Fsp3) is 0.0526. The molecule has 0 atom stereocenters. The van der Waals surface area contributed by atoms with Gasteiger partial charge < -0.3 is 4.57 Å². The Morgan fingerprint density at radius 1 is 0.435 bits per heavy atom. The monoisotopic (exact) mass is 797 g/mol. The highest BCUT2D eigenvalue weighted by molar-refractivity contribution is 6.12. The molecule has 0 aliphatic carbocycles. The quantitative estimate of drug-likeness (QED) is 0.144. The Morgan fingerprint density at radius 2 is 0.935 bits per heavy atom. The number of hydrogen-bond donors (Lipinski definition) is 0. The predicted molar refractivity (Wildman–Crippen MR) is 260 cm³/mol. The highest BCUT2D eigenvalue weighted by atomic mass is 15.1. The normalized spacial score (nSPS) is 12.1. The number of para-hydroxylation sites is 5. The lowest BCUT2D eigenvalue weighted by Gasteiger charge is -2.14. The zero-order valence-corrected chi connectivity index (χ0v) is 34.9. The van der Waals surface area contributed by atoms with Gasteiger partial charge in [-0.25, -0.2) is 9.97 Å². The molecule has 0 saturated heterocycles. The van der Waals surface area contributed by atoms with E-state index in [0.29, 0.717) is 0 Å². The van der Waals surface area contributed by atoms with Gasteiger partial charge in [0.05, 0.1) is 33.1 Å². The lowest BCUT2D eigenvalue weighted by molar-refractivity contribution is 1.10. The van der Waals surface area contributed by atoms with Crippen molar-refractivity contribution in [1.29, 1.82) is 0 Å². The van der Waals surface area contributed by atoms with Crippen LogP contribution in [-0.4, -0.2) is 23.7 Å². The van der Waals surface area contributed by atoms with Crippen molar-refractivity contribution in [2.75, 3.05) is 0 Å². The van der Waals surface area contributed by atoms with Crippen molar-refractivity contribution in [2.45, 2.75) is 20.8 Å². The van der Waals surface area contributed by atoms with E-state index >= 15 is 0 Å². The highest BCUT2D eigenvalue weighted by Crippen LogP contribution is 2.42. The van der Waals surface area contributed by atoms with Crippen LogP contribution in [0.1, 0.15) is 19.4 Å². The van der Waals surface area contributed by atoms with Gasteiger partial charge in [0, 0.05) is 39.0 Å². The van der Waals surface area contributed by atoms with E-state index in [9.17, 15) is 0 Å². The third-order valence-electron chi connectivity index (χ3n) is 12.0. The van der Waals surface area contributed by atoms with Crippen LogP contribution in [0.15, 0.2) is 206 Å². The van der Waals surface area contributed by atoms with Gasteiger partial charge in [-0.3, -0.25) is 9.13 Å². The molecule has 0 aliphatic rings. The van der Waals surface area contributed by atoms with Crippen molar-refractivity contribution in [3.8, 4) is 56.4 Å². The van der Waals surface area contributed by atoms with E-state index in [0.717, 1.165) is 95.2 Å². The lowest BCUT2D eigenvalue weighted by Crippen LogP contribution is -1.99. The Hall–Kier alpha value is -8.02. The van der Waals surface area contributed by atoms with Crippen molar-refractivity contribution in [3.63, 3.8) is 0 Å². The van der Waals surface area contributed by atoms with Crippen LogP contribution in [-0.2, 0) is 0 Å². The summed E-state index contributed by atoms with van der Waals surface area (Å²) in [4.78, 5) is 10.6. The molecule has 0 aliphatic heterocycles. The Balaban J connectivity index is 1.14. The predicted octanol–water partition coefficient (Wildman–Crippen LogP) is 14.9. The molecule has 5 nitrogen and oxygen atoms in total. The summed E-state index contributed by atoms with van der Waals surface area (Å²) in [6, 6.07) is 67.4. The molecule has 11 rings (SSSR count). The van der Waals surface area contributed by atoms with Gasteiger partial charge >= 0.3 is 0 Å². The van der Waals surface area contributed by atoms with Crippen molar-refractivity contribution in [3.05, 3.63) is 212 Å². The van der Waals surface area contributed by atoms with Gasteiger partial charge in [-0.05, 0) is 122 Å². The SMILES string of the molecule is CC=CC(=CC)n1c(-c2ccccc2-c2ccc3c(c2)c2cc(-c4ccccc4-c4nc5ccccc5n4-c4ccccc4)ccc2n3-c2ccc(C)cc2)nc2ccccc21. The third kappa shape index (κ3) is 6.09. The van der Waals surface area contributed by atoms with E-state index in [1.807, 2.05) is 0 Å². The minimum absolute atomic E-state index is 0.913. The first-order chi connectivity index (χ1) is 30.6. The maximum atomic E-state index is 5.28. The number of imidazole rings is 2. The van der Waals surface area contributed by atoms with Crippen LogP contribution in [0.5, 0.6) is 0 Å². The zero-order chi connectivity index (χ0) is 41.7. The smallest absolute Gasteiger partial charge is 0.146 e. The van der Waals surface area contributed by atoms with E-state index in [1.54, 1.807) is 0 Å². The van der Waals surface area contributed by atoms with Gasteiger partial charge in [-0.1, -0.05) is 133 Å². The van der Waals surface area contributed by atoms with Crippen LogP contribution in [0, 0.1) is 6.92 Å². The number of allylic oxidation sites excluding steroid dienone is 4. The molecule has 0 saturated carbocycles. The molecule has 0 fully saturated rings. The number of fused-ring (bicyclic) bond motifs is 5. The van der Waals surface area contributed by atoms with Crippen LogP contribution in [0.4, 0.5) is 0 Å². The third-order valence-corrected chi connectivity index (χ3v) is 12.0. The van der Waals surface area contributed by atoms with Crippen molar-refractivity contribution in [1.82, 2.24) is 23.7 Å². The Labute approximate surface area is 360 Å². The van der Waals surface area contributed by atoms with Crippen LogP contribution in [0.3, 0.4) is 0 Å². The number of rotatable bonds is 8. The minimum Gasteiger partial charge on any atom is -0.309 e. The minimum atomic E-state index is 0.913. The van der Waals surface area contributed by atoms with E-state index < -0.39 is 0 Å². The fourth-order valence-corrected chi connectivity index (χ4v) is 9.17. The summed E-state index contributed by atoms with van der Waals surface area (Å²) in [5, 5.41) is 2.36. The van der Waals surface area contributed by atoms with Gasteiger partial charge in [0.2, 0.25) is 0 Å². The number of aromatic nitrogens is 5. The average Bonchev–Trinajstić information content (AvgIpc) is 4.01. The second-order valence-electron chi connectivity index (χ2n) is 15.8. The molecule has 0 spiro atoms. The summed E-state index contributed by atoms with van der Waals surface area (Å²) < 4.78 is 6.97. The zero-order valence-electron chi connectivity index (χ0n) is 34.9. The van der Waals surface area contributed by atoms with E-state index in [4.69, 9.17) is 9.97 Å². The topological polar surface area (TPSA) is 40.6 Å². The molecule has 8 aromatic carbocycles. The molecule has 0 amide bonds. The molecule has 5 heteroatoms. The number of nitrogens with zero attached hydrogens (tertiary/aromatic N) is 5. The van der Waals surface area contributed by atoms with Crippen LogP contribution in [0.2, 0.25) is 0 Å². The first kappa shape index (κ1) is 37.0. The molecular formula is C57H43N5. The summed E-state index contributed by atoms with van der Waals surface area (Å²) >= 11 is 0. The van der Waals surface area contributed by atoms with Gasteiger partial charge in [-0.2, -0.15) is 0 Å². The summed E-state index contributed by atoms with van der Waals surface area (Å²) in [6.07, 6.45) is 6.39. The number of hydrogen-bond acceptors (Lipinski definition) is 2. The molecule has 3 aromatic heterocycles. The summed E-state index contributed by atoms with van der Waals surface area (Å²) in [5.74, 6) is 1.83. The Morgan fingerprint density at radius 3 is 1.55 bits per heavy atom. The highest BCUT2D eigenvalue weighted by Gasteiger charge is 2.22. The summed E-state index contributed by atoms with van der Waals surface area (Å²) in [5.41, 5.74) is 17.6. The molecular weight excluding hydrogens is 755 g/mol. The Bertz CT molecular complexity index is 3540. The maximum Gasteiger partial charge on any atom is 0.146 e. The van der Waals surface area contributed by atoms with Gasteiger partial charge in [-0.15, -0.1) is 0 Å². The molecule has 3 heterocycles. The molecule has 0 bridgehead atoms. The van der Waals surface area contributed by atoms with Crippen molar-refractivity contribution in [2.24, 2.45) is 0 Å². The summed E-state index contributed by atoms with van der Waals surface area (Å²) in [7, 11) is 0. The lowest BCUT2D eigenvalue weighted by atomic mass is 9.95. The first-order valence-corrected chi connectivity index (χ1v) is 21.2. The molecule has 11 aromatic rings. The fourth-order valence-electron chi connectivity index (χ4n) is 9.17. The summed E-state index contributed by atoms with van der Waals surface area (Å²) in [6.45, 7) is 6.29. The van der Waals surface area contributed by atoms with Crippen LogP contribution in [0.25, 0.3) is 106 Å². The molecule has 0 unspecified atom stereocenters. The van der Waals surface area contributed by atoms with Gasteiger partial charge in [0.15, 0.2) is 0 Å². The van der Waals surface area contributed by atoms with Crippen LogP contribution < -0.4 is 0 Å². The Kier molecular flexibility index (Phi) is 9.09. The van der Waals surface area contributed by atoms with E-state index in [2.05, 4.69) is 241 Å². The first-order valence-electron chi connectivity index (χ1n) is 21.2. The number of aryl methyl sites for hydroxylation is 1. The van der Waals surface area contributed by atoms with E-state index in [-0.39, 0.29) is 0 Å². The standard InChI is InChI=1S/C57H43N5/c1-4-17-41(5-2)61-54-26-15-13-24-50(54)58-56(61)46-22-11-9-20-44(46)39-30-34-52-48(36-39)49-37-40(31-35-53(49)60(52)43-32-28-38(3)29-33-43)45-21-10-12-23-47(45)57-59-51-25-14-16-27-55(51)62(57)42-18-7-6-8-19-42/h4-37H,1-3H3. The molecule has 62 heavy (non-hydrogen) atoms. The van der Waals surface area contributed by atoms with Crippen molar-refractivity contribution >= 4 is 49.6 Å². The molecule has 296 valence electrons. The maximum absolute atomic E-state index is 5.28. The van der Waals surface area contributed by atoms with Gasteiger partial charge in [0.1, 0.15) is 11.6 Å². The molecule has 0 N–H and O–H groups in total.